The fourth-order valence-electron chi connectivity index (χ4n) is 2.17. The minimum atomic E-state index is -3.20. The first-order valence-corrected chi connectivity index (χ1v) is 8.15. The van der Waals surface area contributed by atoms with E-state index in [9.17, 15) is 26.3 Å². The van der Waals surface area contributed by atoms with Crippen molar-refractivity contribution in [2.24, 2.45) is 0 Å². The topological polar surface area (TPSA) is 87.0 Å². The molecule has 0 aliphatic rings. The fourth-order valence-corrected chi connectivity index (χ4v) is 2.17. The summed E-state index contributed by atoms with van der Waals surface area (Å²) in [6, 6.07) is 2.88. The lowest BCUT2D eigenvalue weighted by molar-refractivity contribution is -0.0521. The molecular weight excluding hydrogens is 422 g/mol. The Hall–Kier alpha value is -3.58. The Labute approximate surface area is 164 Å². The van der Waals surface area contributed by atoms with Gasteiger partial charge in [0, 0.05) is 6.07 Å². The Morgan fingerprint density at radius 2 is 1.90 bits per heavy atom. The smallest absolute Gasteiger partial charge is 0.387 e. The molecule has 1 N–H and O–H groups in total. The van der Waals surface area contributed by atoms with Crippen LogP contribution >= 0.6 is 0 Å². The molecule has 0 saturated carbocycles. The summed E-state index contributed by atoms with van der Waals surface area (Å²) >= 11 is 0. The van der Waals surface area contributed by atoms with Crippen LogP contribution in [-0.4, -0.2) is 44.5 Å². The highest BCUT2D eigenvalue weighted by Crippen LogP contribution is 2.23. The molecule has 0 spiro atoms. The van der Waals surface area contributed by atoms with Crippen LogP contribution in [0.15, 0.2) is 30.6 Å². The molecule has 0 fully saturated rings. The molecular formula is C16H12F6N6O2. The number of nitrogens with zero attached hydrogens (tertiary/aromatic N) is 5. The molecule has 0 atom stereocenters. The third kappa shape index (κ3) is 5.48. The van der Waals surface area contributed by atoms with Gasteiger partial charge in [0.05, 0.1) is 24.6 Å². The van der Waals surface area contributed by atoms with Crippen LogP contribution in [0.5, 0.6) is 11.8 Å². The van der Waals surface area contributed by atoms with E-state index >= 15 is 0 Å². The van der Waals surface area contributed by atoms with Gasteiger partial charge in [-0.3, -0.25) is 0 Å². The van der Waals surface area contributed by atoms with Crippen molar-refractivity contribution in [2.75, 3.05) is 11.9 Å². The normalized spacial score (nSPS) is 11.2. The number of halogens is 6. The van der Waals surface area contributed by atoms with Crippen molar-refractivity contribution in [3.05, 3.63) is 47.9 Å². The molecule has 2 aromatic heterocycles. The van der Waals surface area contributed by atoms with E-state index in [-0.39, 0.29) is 24.0 Å². The number of hydrogen-bond donors (Lipinski definition) is 1. The van der Waals surface area contributed by atoms with Gasteiger partial charge in [0.15, 0.2) is 23.2 Å². The molecule has 0 aliphatic heterocycles. The van der Waals surface area contributed by atoms with Crippen molar-refractivity contribution in [1.82, 2.24) is 25.0 Å². The van der Waals surface area contributed by atoms with Crippen LogP contribution in [0, 0.1) is 11.6 Å². The molecule has 2 heterocycles. The van der Waals surface area contributed by atoms with Gasteiger partial charge >= 0.3 is 12.6 Å². The molecule has 0 unspecified atom stereocenters. The molecule has 0 amide bonds. The summed E-state index contributed by atoms with van der Waals surface area (Å²) in [5, 5.41) is 9.65. The molecule has 0 aliphatic carbocycles. The lowest BCUT2D eigenvalue weighted by atomic mass is 10.3. The molecule has 160 valence electrons. The van der Waals surface area contributed by atoms with Crippen molar-refractivity contribution in [1.29, 1.82) is 0 Å². The van der Waals surface area contributed by atoms with Gasteiger partial charge in [-0.25, -0.2) is 27.2 Å². The molecule has 0 saturated heterocycles. The van der Waals surface area contributed by atoms with Crippen molar-refractivity contribution >= 4 is 5.82 Å². The van der Waals surface area contributed by atoms with E-state index in [0.717, 1.165) is 23.0 Å². The number of ether oxygens (including phenoxy) is 2. The average Bonchev–Trinajstić information content (AvgIpc) is 3.16. The summed E-state index contributed by atoms with van der Waals surface area (Å²) in [7, 11) is 0. The van der Waals surface area contributed by atoms with Crippen LogP contribution < -0.4 is 14.8 Å². The first-order valence-electron chi connectivity index (χ1n) is 8.15. The van der Waals surface area contributed by atoms with Gasteiger partial charge in [0.25, 0.3) is 6.43 Å². The molecule has 0 radical (unpaired) electrons. The zero-order valence-corrected chi connectivity index (χ0v) is 14.8. The zero-order chi connectivity index (χ0) is 21.7. The van der Waals surface area contributed by atoms with E-state index in [2.05, 4.69) is 30.3 Å². The highest BCUT2D eigenvalue weighted by atomic mass is 19.3. The van der Waals surface area contributed by atoms with Gasteiger partial charge in [-0.2, -0.15) is 13.8 Å². The van der Waals surface area contributed by atoms with E-state index in [1.165, 1.54) is 12.3 Å². The second-order valence-electron chi connectivity index (χ2n) is 5.56. The van der Waals surface area contributed by atoms with Crippen LogP contribution in [0.2, 0.25) is 0 Å². The van der Waals surface area contributed by atoms with Crippen molar-refractivity contribution in [2.45, 2.75) is 19.6 Å². The van der Waals surface area contributed by atoms with Crippen molar-refractivity contribution in [3.8, 4) is 17.4 Å². The average molecular weight is 434 g/mol. The third-order valence-corrected chi connectivity index (χ3v) is 3.43. The Morgan fingerprint density at radius 3 is 2.63 bits per heavy atom. The first-order chi connectivity index (χ1) is 14.3. The van der Waals surface area contributed by atoms with Crippen LogP contribution in [-0.2, 0) is 6.61 Å². The van der Waals surface area contributed by atoms with Gasteiger partial charge in [-0.15, -0.1) is 5.10 Å². The fraction of sp³-hybridized carbons (Fsp3) is 0.250. The molecule has 3 rings (SSSR count). The quantitative estimate of drug-likeness (QED) is 0.518. The Morgan fingerprint density at radius 1 is 1.10 bits per heavy atom. The van der Waals surface area contributed by atoms with Gasteiger partial charge in [-0.05, 0) is 12.1 Å². The zero-order valence-electron chi connectivity index (χ0n) is 14.8. The van der Waals surface area contributed by atoms with Gasteiger partial charge in [0.1, 0.15) is 12.3 Å². The van der Waals surface area contributed by atoms with Crippen molar-refractivity contribution in [3.63, 3.8) is 0 Å². The Bertz CT molecular complexity index is 1000. The maximum atomic E-state index is 13.5. The molecule has 3 aromatic rings. The number of rotatable bonds is 9. The monoisotopic (exact) mass is 434 g/mol. The highest BCUT2D eigenvalue weighted by Gasteiger charge is 2.14. The number of aromatic nitrogens is 5. The number of alkyl halides is 4. The Kier molecular flexibility index (Phi) is 6.54. The van der Waals surface area contributed by atoms with Gasteiger partial charge < -0.3 is 14.8 Å². The summed E-state index contributed by atoms with van der Waals surface area (Å²) in [6.07, 6.45) is -0.619. The predicted molar refractivity (Wildman–Crippen MR) is 88.8 cm³/mol. The van der Waals surface area contributed by atoms with Crippen LogP contribution in [0.25, 0.3) is 5.69 Å². The second-order valence-corrected chi connectivity index (χ2v) is 5.56. The van der Waals surface area contributed by atoms with Crippen LogP contribution in [0.3, 0.4) is 0 Å². The summed E-state index contributed by atoms with van der Waals surface area (Å²) < 4.78 is 86.6. The molecule has 14 heteroatoms. The number of nitrogens with one attached hydrogen (secondary N) is 1. The first kappa shape index (κ1) is 21.1. The minimum absolute atomic E-state index is 0.183. The largest absolute Gasteiger partial charge is 0.457 e. The lowest BCUT2D eigenvalue weighted by Crippen LogP contribution is -2.13. The minimum Gasteiger partial charge on any atom is -0.457 e. The summed E-state index contributed by atoms with van der Waals surface area (Å²) in [4.78, 5) is 7.21. The summed E-state index contributed by atoms with van der Waals surface area (Å²) in [5.41, 5.74) is 0.410. The standard InChI is InChI=1S/C16H12F6N6O2/c17-10-2-1-9(3-12(10)30-15(21)22)28-6-8(26-27-28)7-29-16-24-4-11(18)14(25-16)23-5-13(19)20/h1-4,6,13,15H,5,7H2,(H,23,24,25). The van der Waals surface area contributed by atoms with Crippen molar-refractivity contribution < 1.29 is 35.8 Å². The number of hydrogen-bond acceptors (Lipinski definition) is 7. The SMILES string of the molecule is Fc1ccc(-n2cc(COc3ncc(F)c(NCC(F)F)n3)nn2)cc1OC(F)F. The Balaban J connectivity index is 1.67. The van der Waals surface area contributed by atoms with Gasteiger partial charge in [-0.1, -0.05) is 5.21 Å². The van der Waals surface area contributed by atoms with Crippen LogP contribution in [0.1, 0.15) is 5.69 Å². The number of benzene rings is 1. The van der Waals surface area contributed by atoms with Gasteiger partial charge in [0.2, 0.25) is 0 Å². The van der Waals surface area contributed by atoms with E-state index in [4.69, 9.17) is 4.74 Å². The second kappa shape index (κ2) is 9.28. The molecule has 8 nitrogen and oxygen atoms in total. The predicted octanol–water partition coefficient (Wildman–Crippen LogP) is 3.19. The van der Waals surface area contributed by atoms with E-state index in [1.54, 1.807) is 0 Å². The van der Waals surface area contributed by atoms with E-state index < -0.39 is 42.8 Å². The molecule has 1 aromatic carbocycles. The summed E-state index contributed by atoms with van der Waals surface area (Å²) in [5.74, 6) is -3.04. The third-order valence-electron chi connectivity index (χ3n) is 3.43. The van der Waals surface area contributed by atoms with E-state index in [0.29, 0.717) is 0 Å². The maximum absolute atomic E-state index is 13.5. The molecule has 0 bridgehead atoms. The maximum Gasteiger partial charge on any atom is 0.387 e. The molecule has 30 heavy (non-hydrogen) atoms. The highest BCUT2D eigenvalue weighted by molar-refractivity contribution is 5.39. The van der Waals surface area contributed by atoms with Crippen LogP contribution in [0.4, 0.5) is 32.2 Å². The lowest BCUT2D eigenvalue weighted by Gasteiger charge is -2.08. The number of anilines is 1. The van der Waals surface area contributed by atoms with E-state index in [1.807, 2.05) is 0 Å². The summed E-state index contributed by atoms with van der Waals surface area (Å²) in [6.45, 7) is -4.25.